The molecule has 2 heterocycles. The molecule has 0 N–H and O–H groups in total. The van der Waals surface area contributed by atoms with Crippen molar-refractivity contribution in [1.82, 2.24) is 14.7 Å². The van der Waals surface area contributed by atoms with Crippen LogP contribution in [0.1, 0.15) is 34.6 Å². The number of amides is 2. The standard InChI is InChI=1S/C17H31N3O3/c1-13-10-20(11-14(2)23-13)15(21)12-18-6-8-19(9-7-18)16(22)17(3,4)5/h13-14H,6-12H2,1-5H3. The summed E-state index contributed by atoms with van der Waals surface area (Å²) >= 11 is 0. The summed E-state index contributed by atoms with van der Waals surface area (Å²) in [6.45, 7) is 14.6. The first kappa shape index (κ1) is 18.2. The summed E-state index contributed by atoms with van der Waals surface area (Å²) in [7, 11) is 0. The quantitative estimate of drug-likeness (QED) is 0.754. The van der Waals surface area contributed by atoms with Crippen LogP contribution in [0.3, 0.4) is 0 Å². The number of carbonyl (C=O) groups is 2. The van der Waals surface area contributed by atoms with Gasteiger partial charge in [-0.25, -0.2) is 0 Å². The molecule has 2 aliphatic heterocycles. The molecular weight excluding hydrogens is 294 g/mol. The smallest absolute Gasteiger partial charge is 0.236 e. The molecule has 0 aromatic rings. The van der Waals surface area contributed by atoms with Crippen molar-refractivity contribution < 1.29 is 14.3 Å². The Hall–Kier alpha value is -1.14. The number of hydrogen-bond acceptors (Lipinski definition) is 4. The zero-order valence-electron chi connectivity index (χ0n) is 15.2. The van der Waals surface area contributed by atoms with E-state index in [4.69, 9.17) is 4.74 Å². The largest absolute Gasteiger partial charge is 0.372 e. The lowest BCUT2D eigenvalue weighted by atomic mass is 9.94. The molecule has 2 unspecified atom stereocenters. The van der Waals surface area contributed by atoms with Gasteiger partial charge in [0.05, 0.1) is 18.8 Å². The van der Waals surface area contributed by atoms with E-state index in [0.29, 0.717) is 32.7 Å². The summed E-state index contributed by atoms with van der Waals surface area (Å²) in [5, 5.41) is 0. The summed E-state index contributed by atoms with van der Waals surface area (Å²) in [5.41, 5.74) is -0.335. The zero-order chi connectivity index (χ0) is 17.2. The van der Waals surface area contributed by atoms with E-state index in [1.807, 2.05) is 44.4 Å². The first-order valence-corrected chi connectivity index (χ1v) is 8.62. The van der Waals surface area contributed by atoms with Gasteiger partial charge in [-0.3, -0.25) is 14.5 Å². The van der Waals surface area contributed by atoms with Crippen LogP contribution in [0.4, 0.5) is 0 Å². The van der Waals surface area contributed by atoms with E-state index in [0.717, 1.165) is 13.1 Å². The maximum atomic E-state index is 12.5. The summed E-state index contributed by atoms with van der Waals surface area (Å²) in [5.74, 6) is 0.363. The number of ether oxygens (including phenoxy) is 1. The Morgan fingerprint density at radius 1 is 0.957 bits per heavy atom. The van der Waals surface area contributed by atoms with Crippen molar-refractivity contribution in [2.75, 3.05) is 45.8 Å². The van der Waals surface area contributed by atoms with Gasteiger partial charge >= 0.3 is 0 Å². The Morgan fingerprint density at radius 3 is 1.96 bits per heavy atom. The summed E-state index contributed by atoms with van der Waals surface area (Å²) in [6.07, 6.45) is 0.202. The van der Waals surface area contributed by atoms with Gasteiger partial charge in [0.2, 0.25) is 11.8 Å². The van der Waals surface area contributed by atoms with E-state index >= 15 is 0 Å². The number of morpholine rings is 1. The highest BCUT2D eigenvalue weighted by Gasteiger charge is 2.31. The zero-order valence-corrected chi connectivity index (χ0v) is 15.2. The number of rotatable bonds is 2. The minimum absolute atomic E-state index is 0.101. The predicted octanol–water partition coefficient (Wildman–Crippen LogP) is 0.813. The molecule has 2 atom stereocenters. The SMILES string of the molecule is CC1CN(C(=O)CN2CCN(C(=O)C(C)(C)C)CC2)CC(C)O1. The van der Waals surface area contributed by atoms with Crippen LogP contribution in [0, 0.1) is 5.41 Å². The first-order chi connectivity index (χ1) is 10.7. The van der Waals surface area contributed by atoms with Crippen LogP contribution in [-0.2, 0) is 14.3 Å². The number of hydrogen-bond donors (Lipinski definition) is 0. The molecule has 2 aliphatic rings. The average Bonchev–Trinajstić information content (AvgIpc) is 2.45. The lowest BCUT2D eigenvalue weighted by molar-refractivity contribution is -0.146. The molecule has 0 saturated carbocycles. The Labute approximate surface area is 139 Å². The minimum Gasteiger partial charge on any atom is -0.372 e. The lowest BCUT2D eigenvalue weighted by Crippen LogP contribution is -2.55. The Bertz CT molecular complexity index is 429. The van der Waals surface area contributed by atoms with E-state index in [1.165, 1.54) is 0 Å². The van der Waals surface area contributed by atoms with E-state index in [9.17, 15) is 9.59 Å². The maximum Gasteiger partial charge on any atom is 0.236 e. The molecule has 2 rings (SSSR count). The van der Waals surface area contributed by atoms with Crippen LogP contribution >= 0.6 is 0 Å². The molecule has 6 nitrogen and oxygen atoms in total. The van der Waals surface area contributed by atoms with E-state index in [-0.39, 0.29) is 29.4 Å². The molecule has 0 radical (unpaired) electrons. The Balaban J connectivity index is 1.80. The molecule has 132 valence electrons. The fourth-order valence-corrected chi connectivity index (χ4v) is 3.26. The van der Waals surface area contributed by atoms with Crippen LogP contribution in [0.5, 0.6) is 0 Å². The second-order valence-corrected chi connectivity index (χ2v) is 7.87. The number of nitrogens with zero attached hydrogens (tertiary/aromatic N) is 3. The molecule has 0 bridgehead atoms. The molecule has 0 aliphatic carbocycles. The van der Waals surface area contributed by atoms with E-state index in [2.05, 4.69) is 4.90 Å². The van der Waals surface area contributed by atoms with Crippen molar-refractivity contribution >= 4 is 11.8 Å². The lowest BCUT2D eigenvalue weighted by Gasteiger charge is -2.39. The van der Waals surface area contributed by atoms with Crippen molar-refractivity contribution in [3.63, 3.8) is 0 Å². The topological polar surface area (TPSA) is 53.1 Å². The highest BCUT2D eigenvalue weighted by atomic mass is 16.5. The number of carbonyl (C=O) groups excluding carboxylic acids is 2. The second kappa shape index (κ2) is 7.18. The van der Waals surface area contributed by atoms with Crippen molar-refractivity contribution in [2.24, 2.45) is 5.41 Å². The Morgan fingerprint density at radius 2 is 1.48 bits per heavy atom. The molecule has 0 aromatic heterocycles. The highest BCUT2D eigenvalue weighted by Crippen LogP contribution is 2.19. The second-order valence-electron chi connectivity index (χ2n) is 7.87. The molecule has 0 aromatic carbocycles. The third-order valence-electron chi connectivity index (χ3n) is 4.43. The molecule has 2 amide bonds. The van der Waals surface area contributed by atoms with Gasteiger partial charge in [0, 0.05) is 44.7 Å². The fraction of sp³-hybridized carbons (Fsp3) is 0.882. The van der Waals surface area contributed by atoms with Gasteiger partial charge in [0.25, 0.3) is 0 Å². The molecular formula is C17H31N3O3. The van der Waals surface area contributed by atoms with Gasteiger partial charge in [0.1, 0.15) is 0 Å². The highest BCUT2D eigenvalue weighted by molar-refractivity contribution is 5.81. The Kier molecular flexibility index (Phi) is 5.68. The van der Waals surface area contributed by atoms with Crippen molar-refractivity contribution in [3.8, 4) is 0 Å². The predicted molar refractivity (Wildman–Crippen MR) is 89.1 cm³/mol. The average molecular weight is 325 g/mol. The van der Waals surface area contributed by atoms with Crippen LogP contribution in [0.15, 0.2) is 0 Å². The maximum absolute atomic E-state index is 12.5. The van der Waals surface area contributed by atoms with Gasteiger partial charge in [-0.2, -0.15) is 0 Å². The molecule has 2 saturated heterocycles. The van der Waals surface area contributed by atoms with Crippen molar-refractivity contribution in [2.45, 2.75) is 46.8 Å². The molecule has 6 heteroatoms. The van der Waals surface area contributed by atoms with E-state index < -0.39 is 0 Å². The fourth-order valence-electron chi connectivity index (χ4n) is 3.26. The third-order valence-corrected chi connectivity index (χ3v) is 4.43. The van der Waals surface area contributed by atoms with E-state index in [1.54, 1.807) is 0 Å². The van der Waals surface area contributed by atoms with Gasteiger partial charge in [-0.05, 0) is 13.8 Å². The van der Waals surface area contributed by atoms with Gasteiger partial charge in [0.15, 0.2) is 0 Å². The third kappa shape index (κ3) is 4.91. The summed E-state index contributed by atoms with van der Waals surface area (Å²) in [4.78, 5) is 30.7. The van der Waals surface area contributed by atoms with Crippen LogP contribution in [0.25, 0.3) is 0 Å². The normalized spacial score (nSPS) is 27.2. The van der Waals surface area contributed by atoms with Crippen LogP contribution in [-0.4, -0.2) is 84.5 Å². The summed E-state index contributed by atoms with van der Waals surface area (Å²) < 4.78 is 5.68. The first-order valence-electron chi connectivity index (χ1n) is 8.62. The van der Waals surface area contributed by atoms with Gasteiger partial charge in [-0.1, -0.05) is 20.8 Å². The molecule has 2 fully saturated rings. The van der Waals surface area contributed by atoms with Gasteiger partial charge < -0.3 is 14.5 Å². The molecule has 23 heavy (non-hydrogen) atoms. The van der Waals surface area contributed by atoms with Gasteiger partial charge in [-0.15, -0.1) is 0 Å². The number of piperazine rings is 1. The molecule has 0 spiro atoms. The van der Waals surface area contributed by atoms with Crippen LogP contribution in [0.2, 0.25) is 0 Å². The monoisotopic (exact) mass is 325 g/mol. The van der Waals surface area contributed by atoms with Crippen LogP contribution < -0.4 is 0 Å². The minimum atomic E-state index is -0.335. The summed E-state index contributed by atoms with van der Waals surface area (Å²) in [6, 6.07) is 0. The van der Waals surface area contributed by atoms with Crippen molar-refractivity contribution in [3.05, 3.63) is 0 Å². The van der Waals surface area contributed by atoms with Crippen molar-refractivity contribution in [1.29, 1.82) is 0 Å².